The highest BCUT2D eigenvalue weighted by Crippen LogP contribution is 2.29. The van der Waals surface area contributed by atoms with Crippen LogP contribution >= 0.6 is 0 Å². The first-order valence-corrected chi connectivity index (χ1v) is 8.77. The second-order valence-electron chi connectivity index (χ2n) is 6.12. The Bertz CT molecular complexity index is 1140. The summed E-state index contributed by atoms with van der Waals surface area (Å²) in [5.74, 6) is 1.22. The molecule has 28 heavy (non-hydrogen) atoms. The first-order chi connectivity index (χ1) is 13.7. The first kappa shape index (κ1) is 17.6. The Labute approximate surface area is 162 Å². The Balaban J connectivity index is 1.75. The molecule has 0 bridgehead atoms. The summed E-state index contributed by atoms with van der Waals surface area (Å²) < 4.78 is 12.4. The number of carbonyl (C=O) groups excluding carboxylic acids is 1. The summed E-state index contributed by atoms with van der Waals surface area (Å²) in [6.07, 6.45) is 0. The molecule has 6 heteroatoms. The molecule has 0 saturated carbocycles. The van der Waals surface area contributed by atoms with Crippen molar-refractivity contribution in [1.82, 2.24) is 9.55 Å². The van der Waals surface area contributed by atoms with Gasteiger partial charge in [-0.25, -0.2) is 4.98 Å². The number of amides is 1. The molecule has 140 valence electrons. The van der Waals surface area contributed by atoms with E-state index in [1.807, 2.05) is 59.2 Å². The van der Waals surface area contributed by atoms with Gasteiger partial charge in [0.05, 0.1) is 25.3 Å². The molecular formula is C22H19N3O3. The summed E-state index contributed by atoms with van der Waals surface area (Å²) in [6, 6.07) is 22.6. The minimum atomic E-state index is -0.284. The van der Waals surface area contributed by atoms with Crippen molar-refractivity contribution in [1.29, 1.82) is 0 Å². The molecule has 1 amide bonds. The molecule has 1 aromatic heterocycles. The van der Waals surface area contributed by atoms with Crippen molar-refractivity contribution in [3.63, 3.8) is 0 Å². The molecule has 4 aromatic rings. The summed E-state index contributed by atoms with van der Waals surface area (Å²) in [6.45, 7) is 0. The fourth-order valence-corrected chi connectivity index (χ4v) is 3.10. The lowest BCUT2D eigenvalue weighted by atomic mass is 10.2. The monoisotopic (exact) mass is 373 g/mol. The summed E-state index contributed by atoms with van der Waals surface area (Å²) in [4.78, 5) is 17.5. The number of nitrogens with one attached hydrogen (secondary N) is 1. The van der Waals surface area contributed by atoms with Gasteiger partial charge in [-0.15, -0.1) is 0 Å². The van der Waals surface area contributed by atoms with Crippen LogP contribution in [0.25, 0.3) is 16.7 Å². The maximum absolute atomic E-state index is 12.9. The number of aromatic nitrogens is 2. The van der Waals surface area contributed by atoms with Crippen LogP contribution in [0.1, 0.15) is 10.4 Å². The maximum Gasteiger partial charge on any atom is 0.258 e. The third-order valence-corrected chi connectivity index (χ3v) is 4.45. The zero-order chi connectivity index (χ0) is 19.5. The van der Waals surface area contributed by atoms with Gasteiger partial charge < -0.3 is 9.47 Å². The van der Waals surface area contributed by atoms with Crippen LogP contribution in [0.5, 0.6) is 11.5 Å². The fraction of sp³-hybridized carbons (Fsp3) is 0.0909. The van der Waals surface area contributed by atoms with E-state index >= 15 is 0 Å². The zero-order valence-electron chi connectivity index (χ0n) is 15.5. The van der Waals surface area contributed by atoms with Gasteiger partial charge in [-0.2, -0.15) is 0 Å². The second kappa shape index (κ2) is 7.44. The summed E-state index contributed by atoms with van der Waals surface area (Å²) in [5, 5.41) is 2.92. The van der Waals surface area contributed by atoms with Crippen molar-refractivity contribution in [2.24, 2.45) is 0 Å². The lowest BCUT2D eigenvalue weighted by Gasteiger charge is -2.12. The van der Waals surface area contributed by atoms with E-state index in [1.165, 1.54) is 7.11 Å². The summed E-state index contributed by atoms with van der Waals surface area (Å²) >= 11 is 0. The Morgan fingerprint density at radius 1 is 0.893 bits per heavy atom. The van der Waals surface area contributed by atoms with Gasteiger partial charge in [-0.3, -0.25) is 14.7 Å². The number of methoxy groups -OCH3 is 2. The minimum absolute atomic E-state index is 0.284. The van der Waals surface area contributed by atoms with Crippen molar-refractivity contribution in [3.8, 4) is 17.2 Å². The number of hydrogen-bond acceptors (Lipinski definition) is 4. The average Bonchev–Trinajstić information content (AvgIpc) is 3.11. The smallest absolute Gasteiger partial charge is 0.258 e. The van der Waals surface area contributed by atoms with E-state index in [4.69, 9.17) is 9.47 Å². The standard InChI is InChI=1S/C22H19N3O3/c1-27-19-13-12-15(14-20(19)28-2)21(26)24-22-23-17-10-6-7-11-18(17)25(22)16-8-4-3-5-9-16/h3-14H,1-2H3,(H,23,24,26). The quantitative estimate of drug-likeness (QED) is 0.567. The van der Waals surface area contributed by atoms with Crippen LogP contribution < -0.4 is 14.8 Å². The van der Waals surface area contributed by atoms with E-state index in [0.29, 0.717) is 23.0 Å². The topological polar surface area (TPSA) is 65.4 Å². The number of ether oxygens (including phenoxy) is 2. The molecule has 0 atom stereocenters. The molecule has 0 aliphatic heterocycles. The number of benzene rings is 3. The van der Waals surface area contributed by atoms with E-state index in [9.17, 15) is 4.79 Å². The van der Waals surface area contributed by atoms with Crippen LogP contribution in [0.2, 0.25) is 0 Å². The van der Waals surface area contributed by atoms with Crippen molar-refractivity contribution >= 4 is 22.9 Å². The van der Waals surface area contributed by atoms with E-state index in [-0.39, 0.29) is 5.91 Å². The molecule has 0 fully saturated rings. The van der Waals surface area contributed by atoms with Crippen LogP contribution in [0.4, 0.5) is 5.95 Å². The largest absolute Gasteiger partial charge is 0.493 e. The molecule has 0 aliphatic carbocycles. The van der Waals surface area contributed by atoms with Crippen LogP contribution in [-0.2, 0) is 0 Å². The van der Waals surface area contributed by atoms with Gasteiger partial charge in [0.2, 0.25) is 5.95 Å². The Morgan fingerprint density at radius 3 is 2.36 bits per heavy atom. The Morgan fingerprint density at radius 2 is 1.61 bits per heavy atom. The molecule has 1 heterocycles. The van der Waals surface area contributed by atoms with Crippen molar-refractivity contribution < 1.29 is 14.3 Å². The third-order valence-electron chi connectivity index (χ3n) is 4.45. The molecule has 0 unspecified atom stereocenters. The molecule has 0 spiro atoms. The lowest BCUT2D eigenvalue weighted by Crippen LogP contribution is -2.15. The van der Waals surface area contributed by atoms with Crippen LogP contribution in [0.15, 0.2) is 72.8 Å². The summed E-state index contributed by atoms with van der Waals surface area (Å²) in [7, 11) is 3.09. The van der Waals surface area contributed by atoms with Gasteiger partial charge >= 0.3 is 0 Å². The number of imidazole rings is 1. The lowest BCUT2D eigenvalue weighted by molar-refractivity contribution is 0.102. The number of nitrogens with zero attached hydrogens (tertiary/aromatic N) is 2. The predicted octanol–water partition coefficient (Wildman–Crippen LogP) is 4.30. The molecule has 0 radical (unpaired) electrons. The molecule has 0 saturated heterocycles. The number of rotatable bonds is 5. The summed E-state index contributed by atoms with van der Waals surface area (Å²) in [5.41, 5.74) is 3.08. The molecule has 1 N–H and O–H groups in total. The normalized spacial score (nSPS) is 10.6. The van der Waals surface area contributed by atoms with E-state index in [1.54, 1.807) is 25.3 Å². The number of hydrogen-bond donors (Lipinski definition) is 1. The Kier molecular flexibility index (Phi) is 4.68. The van der Waals surface area contributed by atoms with E-state index in [2.05, 4.69) is 10.3 Å². The van der Waals surface area contributed by atoms with Gasteiger partial charge in [0, 0.05) is 11.3 Å². The zero-order valence-corrected chi connectivity index (χ0v) is 15.5. The number of para-hydroxylation sites is 3. The SMILES string of the molecule is COc1ccc(C(=O)Nc2nc3ccccc3n2-c2ccccc2)cc1OC. The number of anilines is 1. The van der Waals surface area contributed by atoms with Gasteiger partial charge in [-0.05, 0) is 42.5 Å². The highest BCUT2D eigenvalue weighted by molar-refractivity contribution is 6.04. The molecule has 0 aliphatic rings. The van der Waals surface area contributed by atoms with Gasteiger partial charge in [0.15, 0.2) is 11.5 Å². The van der Waals surface area contributed by atoms with Crippen LogP contribution in [-0.4, -0.2) is 29.7 Å². The molecule has 6 nitrogen and oxygen atoms in total. The molecule has 4 rings (SSSR count). The Hall–Kier alpha value is -3.80. The van der Waals surface area contributed by atoms with Crippen molar-refractivity contribution in [3.05, 3.63) is 78.4 Å². The number of fused-ring (bicyclic) bond motifs is 1. The second-order valence-corrected chi connectivity index (χ2v) is 6.12. The van der Waals surface area contributed by atoms with E-state index in [0.717, 1.165) is 16.7 Å². The predicted molar refractivity (Wildman–Crippen MR) is 109 cm³/mol. The number of carbonyl (C=O) groups is 1. The van der Waals surface area contributed by atoms with Gasteiger partial charge in [-0.1, -0.05) is 30.3 Å². The fourth-order valence-electron chi connectivity index (χ4n) is 3.10. The third kappa shape index (κ3) is 3.16. The van der Waals surface area contributed by atoms with Crippen molar-refractivity contribution in [2.45, 2.75) is 0 Å². The average molecular weight is 373 g/mol. The van der Waals surface area contributed by atoms with Gasteiger partial charge in [0.1, 0.15) is 0 Å². The first-order valence-electron chi connectivity index (χ1n) is 8.77. The maximum atomic E-state index is 12.9. The van der Waals surface area contributed by atoms with Gasteiger partial charge in [0.25, 0.3) is 5.91 Å². The van der Waals surface area contributed by atoms with Crippen molar-refractivity contribution in [2.75, 3.05) is 19.5 Å². The molecular weight excluding hydrogens is 354 g/mol. The van der Waals surface area contributed by atoms with E-state index < -0.39 is 0 Å². The highest BCUT2D eigenvalue weighted by atomic mass is 16.5. The molecule has 3 aromatic carbocycles. The van der Waals surface area contributed by atoms with Crippen LogP contribution in [0.3, 0.4) is 0 Å². The van der Waals surface area contributed by atoms with Crippen LogP contribution in [0, 0.1) is 0 Å². The minimum Gasteiger partial charge on any atom is -0.493 e. The highest BCUT2D eigenvalue weighted by Gasteiger charge is 2.17.